The summed E-state index contributed by atoms with van der Waals surface area (Å²) in [6, 6.07) is 13.1. The molecular formula is C33H51NO2. The van der Waals surface area contributed by atoms with Crippen LogP contribution in [0.2, 0.25) is 0 Å². The van der Waals surface area contributed by atoms with E-state index in [2.05, 4.69) is 57.2 Å². The lowest BCUT2D eigenvalue weighted by atomic mass is 9.86. The van der Waals surface area contributed by atoms with Gasteiger partial charge in [0, 0.05) is 23.2 Å². The van der Waals surface area contributed by atoms with Gasteiger partial charge in [0.05, 0.1) is 18.9 Å². The van der Waals surface area contributed by atoms with Crippen LogP contribution in [0.3, 0.4) is 0 Å². The molecule has 0 amide bonds. The largest absolute Gasteiger partial charge is 0.348 e. The molecule has 1 aliphatic heterocycles. The summed E-state index contributed by atoms with van der Waals surface area (Å²) < 4.78 is 12.2. The van der Waals surface area contributed by atoms with E-state index < -0.39 is 0 Å². The van der Waals surface area contributed by atoms with Crippen molar-refractivity contribution in [2.45, 2.75) is 123 Å². The highest BCUT2D eigenvalue weighted by molar-refractivity contribution is 5.64. The maximum atomic E-state index is 6.12. The molecule has 3 rings (SSSR count). The number of benzene rings is 1. The molecule has 3 nitrogen and oxygen atoms in total. The monoisotopic (exact) mass is 493 g/mol. The van der Waals surface area contributed by atoms with Crippen molar-refractivity contribution in [3.63, 3.8) is 0 Å². The lowest BCUT2D eigenvalue weighted by Gasteiger charge is -2.29. The first kappa shape index (κ1) is 28.9. The van der Waals surface area contributed by atoms with Gasteiger partial charge in [-0.1, -0.05) is 122 Å². The molecule has 1 aromatic carbocycles. The Bertz CT molecular complexity index is 826. The smallest absolute Gasteiger partial charge is 0.185 e. The third kappa shape index (κ3) is 9.30. The maximum absolute atomic E-state index is 6.12. The summed E-state index contributed by atoms with van der Waals surface area (Å²) in [6.07, 6.45) is 20.1. The fourth-order valence-electron chi connectivity index (χ4n) is 5.51. The lowest BCUT2D eigenvalue weighted by molar-refractivity contribution is -0.206. The molecule has 0 aliphatic carbocycles. The van der Waals surface area contributed by atoms with Crippen LogP contribution in [0.4, 0.5) is 0 Å². The van der Waals surface area contributed by atoms with Gasteiger partial charge in [0.2, 0.25) is 0 Å². The Kier molecular flexibility index (Phi) is 13.6. The van der Waals surface area contributed by atoms with E-state index in [-0.39, 0.29) is 6.29 Å². The first-order chi connectivity index (χ1) is 17.8. The van der Waals surface area contributed by atoms with Crippen LogP contribution in [-0.4, -0.2) is 18.2 Å². The third-order valence-electron chi connectivity index (χ3n) is 7.71. The highest BCUT2D eigenvalue weighted by Gasteiger charge is 2.24. The first-order valence-corrected chi connectivity index (χ1v) is 15.0. The van der Waals surface area contributed by atoms with Crippen LogP contribution in [0.15, 0.2) is 42.6 Å². The van der Waals surface area contributed by atoms with E-state index in [1.165, 1.54) is 101 Å². The summed E-state index contributed by atoms with van der Waals surface area (Å²) in [5.41, 5.74) is 4.80. The minimum absolute atomic E-state index is 0.283. The van der Waals surface area contributed by atoms with Gasteiger partial charge in [-0.25, -0.2) is 0 Å². The van der Waals surface area contributed by atoms with Gasteiger partial charge < -0.3 is 9.47 Å². The Morgan fingerprint density at radius 1 is 0.750 bits per heavy atom. The number of hydrogen-bond acceptors (Lipinski definition) is 3. The molecule has 2 heterocycles. The minimum Gasteiger partial charge on any atom is -0.348 e. The molecule has 3 heteroatoms. The van der Waals surface area contributed by atoms with Crippen LogP contribution in [0.5, 0.6) is 0 Å². The summed E-state index contributed by atoms with van der Waals surface area (Å²) in [6.45, 7) is 8.44. The van der Waals surface area contributed by atoms with Crippen LogP contribution >= 0.6 is 0 Å². The Morgan fingerprint density at radius 3 is 2.11 bits per heavy atom. The van der Waals surface area contributed by atoms with Crippen LogP contribution in [-0.2, 0) is 9.47 Å². The van der Waals surface area contributed by atoms with E-state index in [4.69, 9.17) is 14.5 Å². The second-order valence-corrected chi connectivity index (χ2v) is 10.8. The van der Waals surface area contributed by atoms with E-state index in [1.54, 1.807) is 0 Å². The van der Waals surface area contributed by atoms with Gasteiger partial charge in [-0.15, -0.1) is 0 Å². The molecule has 1 fully saturated rings. The molecule has 1 aromatic heterocycles. The van der Waals surface area contributed by atoms with Gasteiger partial charge in [0.1, 0.15) is 0 Å². The number of unbranched alkanes of at least 4 members (excludes halogenated alkanes) is 8. The molecule has 200 valence electrons. The van der Waals surface area contributed by atoms with Crippen LogP contribution in [0.25, 0.3) is 11.3 Å². The summed E-state index contributed by atoms with van der Waals surface area (Å²) in [5, 5.41) is 0. The normalized spacial score (nSPS) is 18.9. The maximum Gasteiger partial charge on any atom is 0.185 e. The summed E-state index contributed by atoms with van der Waals surface area (Å²) in [7, 11) is 0. The highest BCUT2D eigenvalue weighted by Crippen LogP contribution is 2.35. The van der Waals surface area contributed by atoms with E-state index in [9.17, 15) is 0 Å². The predicted molar refractivity (Wildman–Crippen MR) is 152 cm³/mol. The molecule has 2 aromatic rings. The molecule has 1 atom stereocenters. The fraction of sp³-hybridized carbons (Fsp3) is 0.667. The van der Waals surface area contributed by atoms with Gasteiger partial charge in [0.25, 0.3) is 0 Å². The number of nitrogens with zero attached hydrogens (tertiary/aromatic N) is 1. The van der Waals surface area contributed by atoms with Gasteiger partial charge in [-0.3, -0.25) is 4.98 Å². The number of ether oxygens (including phenoxy) is 2. The molecule has 1 saturated heterocycles. The zero-order valence-corrected chi connectivity index (χ0v) is 23.4. The number of aromatic nitrogens is 1. The first-order valence-electron chi connectivity index (χ1n) is 15.0. The van der Waals surface area contributed by atoms with Gasteiger partial charge >= 0.3 is 0 Å². The summed E-state index contributed by atoms with van der Waals surface area (Å²) in [5.74, 6) is 1.13. The zero-order chi connectivity index (χ0) is 25.4. The Morgan fingerprint density at radius 2 is 1.44 bits per heavy atom. The SMILES string of the molecule is CCCCCCCCCC[C@H]1CO[C@H](c2ccc(-c3ccccc3C(CCC)CCCC)nc2)OC1. The Balaban J connectivity index is 1.48. The summed E-state index contributed by atoms with van der Waals surface area (Å²) in [4.78, 5) is 4.86. The van der Waals surface area contributed by atoms with Crippen molar-refractivity contribution >= 4 is 0 Å². The average Bonchev–Trinajstić information content (AvgIpc) is 2.93. The molecule has 1 aliphatic rings. The number of rotatable bonds is 17. The van der Waals surface area contributed by atoms with Crippen molar-refractivity contribution in [2.24, 2.45) is 5.92 Å². The van der Waals surface area contributed by atoms with E-state index in [0.29, 0.717) is 11.8 Å². The Hall–Kier alpha value is -1.71. The highest BCUT2D eigenvalue weighted by atomic mass is 16.7. The molecule has 1 unspecified atom stereocenters. The van der Waals surface area contributed by atoms with E-state index in [1.807, 2.05) is 6.20 Å². The average molecular weight is 494 g/mol. The van der Waals surface area contributed by atoms with Gasteiger partial charge in [0.15, 0.2) is 6.29 Å². The summed E-state index contributed by atoms with van der Waals surface area (Å²) >= 11 is 0. The van der Waals surface area contributed by atoms with Crippen molar-refractivity contribution in [3.05, 3.63) is 53.7 Å². The van der Waals surface area contributed by atoms with Crippen molar-refractivity contribution < 1.29 is 9.47 Å². The molecular weight excluding hydrogens is 442 g/mol. The number of hydrogen-bond donors (Lipinski definition) is 0. The molecule has 0 spiro atoms. The second kappa shape index (κ2) is 16.9. The molecule has 36 heavy (non-hydrogen) atoms. The zero-order valence-electron chi connectivity index (χ0n) is 23.4. The van der Waals surface area contributed by atoms with Crippen molar-refractivity contribution in [2.75, 3.05) is 13.2 Å². The van der Waals surface area contributed by atoms with Gasteiger partial charge in [-0.05, 0) is 36.8 Å². The molecule has 0 saturated carbocycles. The topological polar surface area (TPSA) is 31.4 Å². The molecule has 0 N–H and O–H groups in total. The molecule has 0 bridgehead atoms. The van der Waals surface area contributed by atoms with E-state index in [0.717, 1.165) is 24.5 Å². The predicted octanol–water partition coefficient (Wildman–Crippen LogP) is 10.0. The van der Waals surface area contributed by atoms with Crippen molar-refractivity contribution in [3.8, 4) is 11.3 Å². The quantitative estimate of drug-likeness (QED) is 0.205. The van der Waals surface area contributed by atoms with Crippen molar-refractivity contribution in [1.82, 2.24) is 4.98 Å². The van der Waals surface area contributed by atoms with Crippen molar-refractivity contribution in [1.29, 1.82) is 0 Å². The third-order valence-corrected chi connectivity index (χ3v) is 7.71. The Labute approximate surface area is 221 Å². The minimum atomic E-state index is -0.283. The number of pyridine rings is 1. The molecule has 0 radical (unpaired) electrons. The second-order valence-electron chi connectivity index (χ2n) is 10.8. The van der Waals surface area contributed by atoms with Crippen LogP contribution in [0, 0.1) is 5.92 Å². The fourth-order valence-corrected chi connectivity index (χ4v) is 5.51. The van der Waals surface area contributed by atoms with Gasteiger partial charge in [-0.2, -0.15) is 0 Å². The van der Waals surface area contributed by atoms with Crippen LogP contribution in [0.1, 0.15) is 134 Å². The van der Waals surface area contributed by atoms with Crippen LogP contribution < -0.4 is 0 Å². The van der Waals surface area contributed by atoms with E-state index >= 15 is 0 Å². The lowest BCUT2D eigenvalue weighted by Crippen LogP contribution is -2.27. The standard InChI is InChI=1S/C33H51NO2/c1-4-7-9-10-11-12-13-14-18-27-25-35-33(36-26-27)29-22-23-32(34-24-29)31-21-16-15-20-30(31)28(17-6-3)19-8-5-2/h15-16,20-24,27-28,33H,4-14,17-19,25-26H2,1-3H3/t27-,28?,33-.